The van der Waals surface area contributed by atoms with Crippen molar-refractivity contribution in [2.45, 2.75) is 38.4 Å². The lowest BCUT2D eigenvalue weighted by molar-refractivity contribution is 0.271. The van der Waals surface area contributed by atoms with Crippen LogP contribution in [0.4, 0.5) is 0 Å². The van der Waals surface area contributed by atoms with E-state index in [0.29, 0.717) is 12.2 Å². The second kappa shape index (κ2) is 6.00. The molecule has 0 bridgehead atoms. The van der Waals surface area contributed by atoms with Crippen LogP contribution in [0.25, 0.3) is 0 Å². The molecule has 2 N–H and O–H groups in total. The molecule has 0 saturated heterocycles. The second-order valence-corrected chi connectivity index (χ2v) is 6.62. The van der Waals surface area contributed by atoms with Crippen LogP contribution in [-0.2, 0) is 36.8 Å². The van der Waals surface area contributed by atoms with Gasteiger partial charge in [0.2, 0.25) is 10.0 Å². The number of hydrogen-bond acceptors (Lipinski definition) is 4. The van der Waals surface area contributed by atoms with Crippen molar-refractivity contribution in [2.75, 3.05) is 0 Å². The lowest BCUT2D eigenvalue weighted by Gasteiger charge is -2.04. The monoisotopic (exact) mass is 312 g/mol. The number of aliphatic hydroxyl groups excluding tert-OH is 1. The third kappa shape index (κ3) is 3.34. The Morgan fingerprint density at radius 3 is 2.57 bits per heavy atom. The topological polar surface area (TPSA) is 89.2 Å². The molecule has 0 aliphatic heterocycles. The number of hydrogen-bond donors (Lipinski definition) is 2. The molecule has 0 aliphatic carbocycles. The molecule has 0 atom stereocenters. The zero-order chi connectivity index (χ0) is 15.6. The van der Waals surface area contributed by atoms with Crippen molar-refractivity contribution in [2.24, 2.45) is 7.05 Å². The van der Waals surface area contributed by atoms with Gasteiger partial charge in [0.05, 0.1) is 17.2 Å². The van der Waals surface area contributed by atoms with E-state index in [2.05, 4.69) is 9.82 Å². The molecule has 8 heteroatoms. The Morgan fingerprint density at radius 2 is 2.10 bits per heavy atom. The summed E-state index contributed by atoms with van der Waals surface area (Å²) < 4.78 is 30.5. The Hall–Kier alpha value is -1.64. The first-order valence-electron chi connectivity index (χ1n) is 6.66. The van der Waals surface area contributed by atoms with Crippen LogP contribution in [0.3, 0.4) is 0 Å². The third-order valence-electron chi connectivity index (χ3n) is 3.34. The van der Waals surface area contributed by atoms with Gasteiger partial charge in [-0.1, -0.05) is 0 Å². The number of rotatable bonds is 6. The van der Waals surface area contributed by atoms with Crippen LogP contribution in [0, 0.1) is 6.92 Å². The Labute approximate surface area is 124 Å². The molecule has 0 fully saturated rings. The first kappa shape index (κ1) is 15.7. The maximum Gasteiger partial charge on any atom is 0.242 e. The molecule has 0 amide bonds. The Kier molecular flexibility index (Phi) is 4.50. The van der Waals surface area contributed by atoms with Gasteiger partial charge in [-0.25, -0.2) is 13.1 Å². The van der Waals surface area contributed by atoms with Crippen molar-refractivity contribution >= 4 is 10.0 Å². The van der Waals surface area contributed by atoms with E-state index in [9.17, 15) is 13.5 Å². The quantitative estimate of drug-likeness (QED) is 0.814. The fraction of sp³-hybridized carbons (Fsp3) is 0.462. The van der Waals surface area contributed by atoms with Gasteiger partial charge in [-0.2, -0.15) is 5.10 Å². The van der Waals surface area contributed by atoms with E-state index in [1.54, 1.807) is 22.5 Å². The Balaban J connectivity index is 2.18. The minimum absolute atomic E-state index is 0.162. The summed E-state index contributed by atoms with van der Waals surface area (Å²) in [5.74, 6) is 0. The van der Waals surface area contributed by atoms with Crippen LogP contribution >= 0.6 is 0 Å². The predicted octanol–water partition coefficient (Wildman–Crippen LogP) is 0.521. The number of sulfonamides is 1. The van der Waals surface area contributed by atoms with Crippen LogP contribution in [0.5, 0.6) is 0 Å². The lowest BCUT2D eigenvalue weighted by Crippen LogP contribution is -2.23. The number of nitrogens with zero attached hydrogens (tertiary/aromatic N) is 3. The third-order valence-corrected chi connectivity index (χ3v) is 4.71. The molecule has 2 heterocycles. The zero-order valence-electron chi connectivity index (χ0n) is 12.4. The molecular weight excluding hydrogens is 292 g/mol. The van der Waals surface area contributed by atoms with Gasteiger partial charge in [-0.3, -0.25) is 4.68 Å². The highest BCUT2D eigenvalue weighted by atomic mass is 32.2. The van der Waals surface area contributed by atoms with Gasteiger partial charge in [0.15, 0.2) is 0 Å². The molecule has 0 saturated carbocycles. The van der Waals surface area contributed by atoms with Crippen molar-refractivity contribution in [3.05, 3.63) is 35.4 Å². The van der Waals surface area contributed by atoms with Crippen molar-refractivity contribution in [3.8, 4) is 0 Å². The molecule has 0 aromatic carbocycles. The highest BCUT2D eigenvalue weighted by Gasteiger charge is 2.18. The van der Waals surface area contributed by atoms with E-state index in [0.717, 1.165) is 11.3 Å². The van der Waals surface area contributed by atoms with Gasteiger partial charge in [0.1, 0.15) is 0 Å². The molecule has 2 aromatic rings. The molecule has 2 rings (SSSR count). The summed E-state index contributed by atoms with van der Waals surface area (Å²) in [5, 5.41) is 13.4. The maximum atomic E-state index is 12.3. The normalized spacial score (nSPS) is 12.0. The van der Waals surface area contributed by atoms with Crippen molar-refractivity contribution < 1.29 is 13.5 Å². The molecule has 0 radical (unpaired) electrons. The zero-order valence-corrected chi connectivity index (χ0v) is 13.2. The fourth-order valence-corrected chi connectivity index (χ4v) is 3.25. The molecular formula is C13H20N4O3S. The second-order valence-electron chi connectivity index (χ2n) is 4.85. The standard InChI is InChI=1S/C13H20N4O3S/c1-4-17-8-13(5-12(17)9-18)21(19,20)14-6-11-7-16(3)15-10(11)2/h5,7-8,14,18H,4,6,9H2,1-3H3. The van der Waals surface area contributed by atoms with Gasteiger partial charge in [-0.15, -0.1) is 0 Å². The Bertz CT molecular complexity index is 709. The summed E-state index contributed by atoms with van der Waals surface area (Å²) in [6.45, 7) is 4.33. The predicted molar refractivity (Wildman–Crippen MR) is 78.0 cm³/mol. The van der Waals surface area contributed by atoms with E-state index in [1.807, 2.05) is 13.8 Å². The van der Waals surface area contributed by atoms with Gasteiger partial charge >= 0.3 is 0 Å². The molecule has 2 aromatic heterocycles. The highest BCUT2D eigenvalue weighted by Crippen LogP contribution is 2.15. The highest BCUT2D eigenvalue weighted by molar-refractivity contribution is 7.89. The van der Waals surface area contributed by atoms with E-state index in [1.165, 1.54) is 12.3 Å². The van der Waals surface area contributed by atoms with Crippen molar-refractivity contribution in [3.63, 3.8) is 0 Å². The summed E-state index contributed by atoms with van der Waals surface area (Å²) in [6, 6.07) is 1.49. The number of aromatic nitrogens is 3. The SMILES string of the molecule is CCn1cc(S(=O)(=O)NCc2cn(C)nc2C)cc1CO. The molecule has 21 heavy (non-hydrogen) atoms. The van der Waals surface area contributed by atoms with E-state index in [4.69, 9.17) is 0 Å². The maximum absolute atomic E-state index is 12.3. The average Bonchev–Trinajstić information content (AvgIpc) is 2.99. The van der Waals surface area contributed by atoms with Crippen molar-refractivity contribution in [1.29, 1.82) is 0 Å². The van der Waals surface area contributed by atoms with E-state index >= 15 is 0 Å². The van der Waals surface area contributed by atoms with Gasteiger partial charge in [0, 0.05) is 43.8 Å². The lowest BCUT2D eigenvalue weighted by atomic mass is 10.3. The van der Waals surface area contributed by atoms with Crippen LogP contribution in [-0.4, -0.2) is 27.9 Å². The summed E-state index contributed by atoms with van der Waals surface area (Å²) >= 11 is 0. The first-order chi connectivity index (χ1) is 9.87. The smallest absolute Gasteiger partial charge is 0.242 e. The summed E-state index contributed by atoms with van der Waals surface area (Å²) in [5.41, 5.74) is 2.20. The summed E-state index contributed by atoms with van der Waals surface area (Å²) in [6.07, 6.45) is 3.32. The number of aliphatic hydroxyl groups is 1. The Morgan fingerprint density at radius 1 is 1.38 bits per heavy atom. The molecule has 0 unspecified atom stereocenters. The van der Waals surface area contributed by atoms with Crippen LogP contribution in [0.15, 0.2) is 23.4 Å². The fourth-order valence-electron chi connectivity index (χ4n) is 2.18. The van der Waals surface area contributed by atoms with Crippen molar-refractivity contribution in [1.82, 2.24) is 19.1 Å². The van der Waals surface area contributed by atoms with Gasteiger partial charge in [0.25, 0.3) is 0 Å². The molecule has 7 nitrogen and oxygen atoms in total. The van der Waals surface area contributed by atoms with Gasteiger partial charge in [-0.05, 0) is 19.9 Å². The average molecular weight is 312 g/mol. The summed E-state index contributed by atoms with van der Waals surface area (Å²) in [7, 11) is -1.82. The minimum atomic E-state index is -3.61. The number of nitrogens with one attached hydrogen (secondary N) is 1. The largest absolute Gasteiger partial charge is 0.390 e. The summed E-state index contributed by atoms with van der Waals surface area (Å²) in [4.78, 5) is 0.162. The van der Waals surface area contributed by atoms with Crippen LogP contribution in [0.2, 0.25) is 0 Å². The number of aryl methyl sites for hydroxylation is 3. The van der Waals surface area contributed by atoms with Crippen LogP contribution in [0.1, 0.15) is 23.9 Å². The van der Waals surface area contributed by atoms with Gasteiger partial charge < -0.3 is 9.67 Å². The van der Waals surface area contributed by atoms with Crippen LogP contribution < -0.4 is 4.72 Å². The molecule has 0 aliphatic rings. The molecule has 0 spiro atoms. The first-order valence-corrected chi connectivity index (χ1v) is 8.14. The van der Waals surface area contributed by atoms with E-state index in [-0.39, 0.29) is 18.0 Å². The molecule has 116 valence electrons. The minimum Gasteiger partial charge on any atom is -0.390 e. The van der Waals surface area contributed by atoms with E-state index < -0.39 is 10.0 Å².